The van der Waals surface area contributed by atoms with Crippen LogP contribution in [0.3, 0.4) is 0 Å². The number of carbonyl (C=O) groups is 1. The van der Waals surface area contributed by atoms with Crippen molar-refractivity contribution in [3.63, 3.8) is 0 Å². The summed E-state index contributed by atoms with van der Waals surface area (Å²) < 4.78 is 5.47. The maximum atomic E-state index is 13.5. The summed E-state index contributed by atoms with van der Waals surface area (Å²) in [4.78, 5) is 22.5. The normalized spacial score (nSPS) is 15.6. The Balaban J connectivity index is 1.54. The lowest BCUT2D eigenvalue weighted by Gasteiger charge is -2.35. The van der Waals surface area contributed by atoms with Crippen molar-refractivity contribution < 1.29 is 9.53 Å². The Morgan fingerprint density at radius 2 is 1.77 bits per heavy atom. The average Bonchev–Trinajstić information content (AvgIpc) is 3.29. The number of ether oxygens (including phenoxy) is 1. The van der Waals surface area contributed by atoms with Crippen molar-refractivity contribution >= 4 is 17.2 Å². The molecule has 0 aliphatic carbocycles. The van der Waals surface area contributed by atoms with Crippen molar-refractivity contribution in [2.24, 2.45) is 0 Å². The Bertz CT molecular complexity index is 939. The fraction of sp³-hybridized carbons (Fsp3) is 0.333. The summed E-state index contributed by atoms with van der Waals surface area (Å²) in [7, 11) is 0. The van der Waals surface area contributed by atoms with Gasteiger partial charge in [0.15, 0.2) is 0 Å². The topological polar surface area (TPSA) is 45.7 Å². The zero-order chi connectivity index (χ0) is 20.8. The van der Waals surface area contributed by atoms with E-state index in [1.165, 1.54) is 11.3 Å². The Morgan fingerprint density at radius 3 is 2.47 bits per heavy atom. The first-order valence-corrected chi connectivity index (χ1v) is 11.2. The van der Waals surface area contributed by atoms with Crippen LogP contribution in [0.4, 0.5) is 0 Å². The molecule has 0 bridgehead atoms. The number of hydrogen-bond donors (Lipinski definition) is 0. The molecule has 0 spiro atoms. The fourth-order valence-corrected chi connectivity index (χ4v) is 4.50. The lowest BCUT2D eigenvalue weighted by Crippen LogP contribution is -2.48. The number of benzene rings is 2. The van der Waals surface area contributed by atoms with E-state index >= 15 is 0 Å². The van der Waals surface area contributed by atoms with Gasteiger partial charge in [0, 0.05) is 43.2 Å². The standard InChI is InChI=1S/C24H27N3O2S/c1-19(16-26-12-14-29-15-13-26)27(17-20-8-4-2-5-9-20)24(28)22-18-30-23(25-22)21-10-6-3-7-11-21/h2-11,18-19H,12-17H2,1H3. The Labute approximate surface area is 181 Å². The van der Waals surface area contributed by atoms with Gasteiger partial charge in [0.1, 0.15) is 10.7 Å². The van der Waals surface area contributed by atoms with Crippen LogP contribution in [0.5, 0.6) is 0 Å². The van der Waals surface area contributed by atoms with Crippen LogP contribution in [0.1, 0.15) is 23.0 Å². The highest BCUT2D eigenvalue weighted by Gasteiger charge is 2.26. The van der Waals surface area contributed by atoms with Gasteiger partial charge in [-0.25, -0.2) is 4.98 Å². The van der Waals surface area contributed by atoms with Crippen LogP contribution in [-0.4, -0.2) is 59.6 Å². The van der Waals surface area contributed by atoms with Gasteiger partial charge >= 0.3 is 0 Å². The molecule has 5 nitrogen and oxygen atoms in total. The summed E-state index contributed by atoms with van der Waals surface area (Å²) in [6, 6.07) is 20.2. The molecular weight excluding hydrogens is 394 g/mol. The highest BCUT2D eigenvalue weighted by molar-refractivity contribution is 7.13. The third-order valence-electron chi connectivity index (χ3n) is 5.36. The van der Waals surface area contributed by atoms with Gasteiger partial charge in [0.05, 0.1) is 13.2 Å². The molecule has 1 amide bonds. The molecule has 0 N–H and O–H groups in total. The second-order valence-electron chi connectivity index (χ2n) is 7.58. The number of nitrogens with zero attached hydrogens (tertiary/aromatic N) is 3. The van der Waals surface area contributed by atoms with Gasteiger partial charge in [0.2, 0.25) is 0 Å². The van der Waals surface area contributed by atoms with Gasteiger partial charge in [-0.05, 0) is 12.5 Å². The van der Waals surface area contributed by atoms with E-state index in [-0.39, 0.29) is 11.9 Å². The number of thiazole rings is 1. The Hall–Kier alpha value is -2.54. The summed E-state index contributed by atoms with van der Waals surface area (Å²) in [5.74, 6) is -0.0157. The van der Waals surface area contributed by atoms with E-state index in [9.17, 15) is 4.79 Å². The third-order valence-corrected chi connectivity index (χ3v) is 6.25. The first-order chi connectivity index (χ1) is 14.7. The van der Waals surface area contributed by atoms with E-state index in [4.69, 9.17) is 4.74 Å². The minimum absolute atomic E-state index is 0.0157. The van der Waals surface area contributed by atoms with Crippen LogP contribution < -0.4 is 0 Å². The summed E-state index contributed by atoms with van der Waals surface area (Å²) in [5.41, 5.74) is 2.68. The maximum absolute atomic E-state index is 13.5. The molecule has 2 aromatic carbocycles. The number of hydrogen-bond acceptors (Lipinski definition) is 5. The van der Waals surface area contributed by atoms with Crippen molar-refractivity contribution in [2.75, 3.05) is 32.8 Å². The van der Waals surface area contributed by atoms with E-state index in [1.807, 2.05) is 58.8 Å². The van der Waals surface area contributed by atoms with E-state index in [1.54, 1.807) is 0 Å². The van der Waals surface area contributed by atoms with E-state index < -0.39 is 0 Å². The molecule has 1 aromatic heterocycles. The van der Waals surface area contributed by atoms with Crippen LogP contribution in [0, 0.1) is 0 Å². The zero-order valence-corrected chi connectivity index (χ0v) is 18.1. The minimum Gasteiger partial charge on any atom is -0.379 e. The van der Waals surface area contributed by atoms with Crippen molar-refractivity contribution in [1.29, 1.82) is 0 Å². The van der Waals surface area contributed by atoms with E-state index in [0.717, 1.165) is 49.0 Å². The molecule has 0 saturated carbocycles. The average molecular weight is 422 g/mol. The smallest absolute Gasteiger partial charge is 0.273 e. The molecule has 30 heavy (non-hydrogen) atoms. The largest absolute Gasteiger partial charge is 0.379 e. The van der Waals surface area contributed by atoms with Gasteiger partial charge in [0.25, 0.3) is 5.91 Å². The summed E-state index contributed by atoms with van der Waals surface area (Å²) in [6.45, 7) is 6.86. The van der Waals surface area contributed by atoms with Crippen molar-refractivity contribution in [3.8, 4) is 10.6 Å². The van der Waals surface area contributed by atoms with Gasteiger partial charge in [-0.2, -0.15) is 0 Å². The highest BCUT2D eigenvalue weighted by Crippen LogP contribution is 2.25. The molecule has 1 atom stereocenters. The molecule has 2 heterocycles. The van der Waals surface area contributed by atoms with Gasteiger partial charge in [-0.1, -0.05) is 60.7 Å². The predicted molar refractivity (Wildman–Crippen MR) is 121 cm³/mol. The second-order valence-corrected chi connectivity index (χ2v) is 8.44. The lowest BCUT2D eigenvalue weighted by molar-refractivity contribution is 0.0227. The van der Waals surface area contributed by atoms with Gasteiger partial charge in [-0.3, -0.25) is 9.69 Å². The lowest BCUT2D eigenvalue weighted by atomic mass is 10.1. The maximum Gasteiger partial charge on any atom is 0.273 e. The molecular formula is C24H27N3O2S. The van der Waals surface area contributed by atoms with E-state index in [2.05, 4.69) is 28.9 Å². The second kappa shape index (κ2) is 9.98. The predicted octanol–water partition coefficient (Wildman–Crippen LogP) is 4.17. The summed E-state index contributed by atoms with van der Waals surface area (Å²) in [5, 5.41) is 2.75. The van der Waals surface area contributed by atoms with Crippen molar-refractivity contribution in [2.45, 2.75) is 19.5 Å². The zero-order valence-electron chi connectivity index (χ0n) is 17.2. The monoisotopic (exact) mass is 421 g/mol. The molecule has 1 fully saturated rings. The van der Waals surface area contributed by atoms with Crippen LogP contribution in [0.15, 0.2) is 66.0 Å². The number of rotatable bonds is 7. The molecule has 156 valence electrons. The van der Waals surface area contributed by atoms with Crippen LogP contribution in [-0.2, 0) is 11.3 Å². The van der Waals surface area contributed by atoms with Crippen LogP contribution >= 0.6 is 11.3 Å². The van der Waals surface area contributed by atoms with Crippen molar-refractivity contribution in [3.05, 3.63) is 77.3 Å². The first kappa shape index (κ1) is 20.7. The Kier molecular flexibility index (Phi) is 6.89. The number of carbonyl (C=O) groups excluding carboxylic acids is 1. The molecule has 1 unspecified atom stereocenters. The number of amides is 1. The van der Waals surface area contributed by atoms with Crippen molar-refractivity contribution in [1.82, 2.24) is 14.8 Å². The molecule has 1 aliphatic heterocycles. The summed E-state index contributed by atoms with van der Waals surface area (Å²) in [6.07, 6.45) is 0. The minimum atomic E-state index is -0.0157. The quantitative estimate of drug-likeness (QED) is 0.574. The first-order valence-electron chi connectivity index (χ1n) is 10.4. The van der Waals surface area contributed by atoms with Crippen LogP contribution in [0.25, 0.3) is 10.6 Å². The molecule has 4 rings (SSSR count). The highest BCUT2D eigenvalue weighted by atomic mass is 32.1. The molecule has 1 aliphatic rings. The van der Waals surface area contributed by atoms with Gasteiger partial charge in [-0.15, -0.1) is 11.3 Å². The Morgan fingerprint density at radius 1 is 1.10 bits per heavy atom. The molecule has 1 saturated heterocycles. The number of aromatic nitrogens is 1. The van der Waals surface area contributed by atoms with Crippen LogP contribution in [0.2, 0.25) is 0 Å². The van der Waals surface area contributed by atoms with Gasteiger partial charge < -0.3 is 9.64 Å². The summed E-state index contributed by atoms with van der Waals surface area (Å²) >= 11 is 1.52. The third kappa shape index (κ3) is 5.14. The number of morpholine rings is 1. The fourth-order valence-electron chi connectivity index (χ4n) is 3.70. The van der Waals surface area contributed by atoms with E-state index in [0.29, 0.717) is 12.2 Å². The molecule has 3 aromatic rings. The molecule has 6 heteroatoms. The SMILES string of the molecule is CC(CN1CCOCC1)N(Cc1ccccc1)C(=O)c1csc(-c2ccccc2)n1. The molecule has 0 radical (unpaired) electrons.